The summed E-state index contributed by atoms with van der Waals surface area (Å²) in [7, 11) is 0.892. The first-order valence-electron chi connectivity index (χ1n) is 5.60. The maximum atomic E-state index is 11.7. The zero-order valence-electron chi connectivity index (χ0n) is 11.1. The summed E-state index contributed by atoms with van der Waals surface area (Å²) in [5.41, 5.74) is 1.24. The minimum atomic E-state index is -3.52. The molecule has 0 heterocycles. The Balaban J connectivity index is 2.75. The number of hydrogen-bond acceptors (Lipinski definition) is 3. The van der Waals surface area contributed by atoms with Crippen LogP contribution in [-0.4, -0.2) is 39.9 Å². The third kappa shape index (κ3) is 4.76. The molecule has 0 aliphatic rings. The molecule has 1 rings (SSSR count). The van der Waals surface area contributed by atoms with E-state index in [4.69, 9.17) is 0 Å². The lowest BCUT2D eigenvalue weighted by Gasteiger charge is -2.14. The fourth-order valence-electron chi connectivity index (χ4n) is 1.26. The zero-order chi connectivity index (χ0) is 14.5. The number of anilines is 1. The van der Waals surface area contributed by atoms with E-state index in [1.54, 1.807) is 24.3 Å². The average Bonchev–Trinajstić information content (AvgIpc) is 2.35. The monoisotopic (exact) mass is 286 g/mol. The number of urea groups is 1. The fourth-order valence-corrected chi connectivity index (χ4v) is 1.86. The number of rotatable bonds is 5. The number of carbonyl (C=O) groups excluding carboxylic acids is 1. The van der Waals surface area contributed by atoms with Crippen molar-refractivity contribution in [3.05, 3.63) is 29.8 Å². The minimum absolute atomic E-state index is 0.292. The summed E-state index contributed by atoms with van der Waals surface area (Å²) in [5.74, 6) is 0. The van der Waals surface area contributed by atoms with E-state index in [0.29, 0.717) is 12.2 Å². The highest BCUT2D eigenvalue weighted by atomic mass is 32.2. The highest BCUT2D eigenvalue weighted by Crippen LogP contribution is 2.13. The third-order valence-electron chi connectivity index (χ3n) is 2.33. The van der Waals surface area contributed by atoms with E-state index in [2.05, 4.69) is 15.4 Å². The normalized spacial score (nSPS) is 11.2. The summed E-state index contributed by atoms with van der Waals surface area (Å²) in [6.07, 6.45) is 0. The summed E-state index contributed by atoms with van der Waals surface area (Å²) >= 11 is 0. The average molecular weight is 286 g/mol. The molecule has 0 saturated carbocycles. The Morgan fingerprint density at radius 2 is 2.00 bits per heavy atom. The van der Waals surface area contributed by atoms with Gasteiger partial charge in [0.25, 0.3) is 0 Å². The van der Waals surface area contributed by atoms with Gasteiger partial charge in [0.05, 0.1) is 5.69 Å². The Labute approximate surface area is 113 Å². The number of carbonyl (C=O) groups is 1. The van der Waals surface area contributed by atoms with Gasteiger partial charge in [-0.15, -0.1) is 0 Å². The second kappa shape index (κ2) is 6.39. The molecule has 7 nitrogen and oxygen atoms in total. The van der Waals surface area contributed by atoms with Crippen LogP contribution in [0, 0.1) is 0 Å². The molecule has 1 aromatic rings. The van der Waals surface area contributed by atoms with Crippen molar-refractivity contribution in [1.29, 1.82) is 0 Å². The van der Waals surface area contributed by atoms with Crippen molar-refractivity contribution in [3.8, 4) is 0 Å². The van der Waals surface area contributed by atoms with Crippen LogP contribution in [0.1, 0.15) is 5.56 Å². The molecule has 0 aliphatic carbocycles. The van der Waals surface area contributed by atoms with Crippen LogP contribution >= 0.6 is 0 Å². The molecular formula is C11H18N4O3S. The molecule has 2 amide bonds. The Morgan fingerprint density at radius 1 is 1.32 bits per heavy atom. The van der Waals surface area contributed by atoms with Crippen molar-refractivity contribution in [2.45, 2.75) is 6.54 Å². The van der Waals surface area contributed by atoms with Gasteiger partial charge in [0.15, 0.2) is 0 Å². The molecule has 0 aliphatic heterocycles. The summed E-state index contributed by atoms with van der Waals surface area (Å²) in [4.78, 5) is 11.0. The van der Waals surface area contributed by atoms with E-state index < -0.39 is 10.2 Å². The molecule has 0 spiro atoms. The first kappa shape index (κ1) is 15.3. The van der Waals surface area contributed by atoms with Crippen LogP contribution in [0.4, 0.5) is 10.5 Å². The van der Waals surface area contributed by atoms with E-state index in [-0.39, 0.29) is 6.03 Å². The summed E-state index contributed by atoms with van der Waals surface area (Å²) in [5, 5.41) is 5.06. The molecule has 0 unspecified atom stereocenters. The molecule has 0 radical (unpaired) electrons. The lowest BCUT2D eigenvalue weighted by Crippen LogP contribution is -2.32. The van der Waals surface area contributed by atoms with Gasteiger partial charge in [0.2, 0.25) is 0 Å². The smallest absolute Gasteiger partial charge is 0.314 e. The van der Waals surface area contributed by atoms with Crippen molar-refractivity contribution >= 4 is 21.9 Å². The number of amides is 2. The highest BCUT2D eigenvalue weighted by molar-refractivity contribution is 7.90. The predicted molar refractivity (Wildman–Crippen MR) is 74.0 cm³/mol. The second-order valence-corrected chi connectivity index (χ2v) is 5.91. The highest BCUT2D eigenvalue weighted by Gasteiger charge is 2.12. The van der Waals surface area contributed by atoms with Gasteiger partial charge in [-0.05, 0) is 17.7 Å². The number of benzene rings is 1. The van der Waals surface area contributed by atoms with Crippen molar-refractivity contribution < 1.29 is 13.2 Å². The van der Waals surface area contributed by atoms with Crippen LogP contribution in [0.3, 0.4) is 0 Å². The summed E-state index contributed by atoms with van der Waals surface area (Å²) in [6.45, 7) is 0.317. The maximum absolute atomic E-state index is 11.7. The van der Waals surface area contributed by atoms with Gasteiger partial charge in [0.1, 0.15) is 0 Å². The first-order valence-corrected chi connectivity index (χ1v) is 7.04. The second-order valence-electron chi connectivity index (χ2n) is 4.02. The van der Waals surface area contributed by atoms with E-state index in [1.165, 1.54) is 21.1 Å². The maximum Gasteiger partial charge on any atom is 0.314 e. The van der Waals surface area contributed by atoms with Gasteiger partial charge in [-0.2, -0.15) is 12.7 Å². The first-order chi connectivity index (χ1) is 8.85. The molecule has 8 heteroatoms. The molecular weight excluding hydrogens is 268 g/mol. The number of nitrogens with zero attached hydrogens (tertiary/aromatic N) is 1. The van der Waals surface area contributed by atoms with E-state index >= 15 is 0 Å². The lowest BCUT2D eigenvalue weighted by molar-refractivity contribution is 0.242. The van der Waals surface area contributed by atoms with Gasteiger partial charge < -0.3 is 10.6 Å². The largest absolute Gasteiger partial charge is 0.341 e. The van der Waals surface area contributed by atoms with Crippen LogP contribution in [0.25, 0.3) is 0 Å². The Hall–Kier alpha value is -1.80. The minimum Gasteiger partial charge on any atom is -0.341 e. The molecule has 0 atom stereocenters. The van der Waals surface area contributed by atoms with Gasteiger partial charge in [0, 0.05) is 27.7 Å². The SMILES string of the molecule is CNC(=O)NCc1cccc(NS(=O)(=O)N(C)C)c1. The molecule has 0 saturated heterocycles. The predicted octanol–water partition coefficient (Wildman–Crippen LogP) is 0.334. The lowest BCUT2D eigenvalue weighted by atomic mass is 10.2. The van der Waals surface area contributed by atoms with Gasteiger partial charge >= 0.3 is 16.2 Å². The zero-order valence-corrected chi connectivity index (χ0v) is 11.9. The Bertz CT molecular complexity index is 543. The molecule has 19 heavy (non-hydrogen) atoms. The summed E-state index contributed by atoms with van der Waals surface area (Å²) in [6, 6.07) is 6.53. The van der Waals surface area contributed by atoms with Crippen LogP contribution in [0.2, 0.25) is 0 Å². The van der Waals surface area contributed by atoms with Crippen LogP contribution in [-0.2, 0) is 16.8 Å². The van der Waals surface area contributed by atoms with Gasteiger partial charge in [-0.3, -0.25) is 4.72 Å². The topological polar surface area (TPSA) is 90.5 Å². The molecule has 0 bridgehead atoms. The van der Waals surface area contributed by atoms with Crippen LogP contribution in [0.15, 0.2) is 24.3 Å². The molecule has 0 aromatic heterocycles. The van der Waals surface area contributed by atoms with Crippen molar-refractivity contribution in [2.24, 2.45) is 0 Å². The van der Waals surface area contributed by atoms with E-state index in [0.717, 1.165) is 9.87 Å². The molecule has 106 valence electrons. The van der Waals surface area contributed by atoms with Crippen molar-refractivity contribution in [1.82, 2.24) is 14.9 Å². The number of nitrogens with one attached hydrogen (secondary N) is 3. The molecule has 3 N–H and O–H groups in total. The quantitative estimate of drug-likeness (QED) is 0.728. The fraction of sp³-hybridized carbons (Fsp3) is 0.364. The van der Waals surface area contributed by atoms with Crippen molar-refractivity contribution in [2.75, 3.05) is 25.9 Å². The molecule has 1 aromatic carbocycles. The van der Waals surface area contributed by atoms with Crippen LogP contribution < -0.4 is 15.4 Å². The van der Waals surface area contributed by atoms with Crippen LogP contribution in [0.5, 0.6) is 0 Å². The van der Waals surface area contributed by atoms with E-state index in [1.807, 2.05) is 0 Å². The van der Waals surface area contributed by atoms with Crippen molar-refractivity contribution in [3.63, 3.8) is 0 Å². The Kier molecular flexibility index (Phi) is 5.13. The van der Waals surface area contributed by atoms with E-state index in [9.17, 15) is 13.2 Å². The third-order valence-corrected chi connectivity index (χ3v) is 3.79. The van der Waals surface area contributed by atoms with Gasteiger partial charge in [-0.25, -0.2) is 4.79 Å². The number of hydrogen-bond donors (Lipinski definition) is 3. The summed E-state index contributed by atoms with van der Waals surface area (Å²) < 4.78 is 26.8. The Morgan fingerprint density at radius 3 is 2.58 bits per heavy atom. The van der Waals surface area contributed by atoms with Gasteiger partial charge in [-0.1, -0.05) is 12.1 Å². The molecule has 0 fully saturated rings. The standard InChI is InChI=1S/C11H18N4O3S/c1-12-11(16)13-8-9-5-4-6-10(7-9)14-19(17,18)15(2)3/h4-7,14H,8H2,1-3H3,(H2,12,13,16).